The lowest BCUT2D eigenvalue weighted by molar-refractivity contribution is -0.138. The molecule has 3 aromatic rings. The smallest absolute Gasteiger partial charge is 0.347 e. The van der Waals surface area contributed by atoms with Gasteiger partial charge in [-0.05, 0) is 24.1 Å². The molecule has 0 radical (unpaired) electrons. The molecule has 8 nitrogen and oxygen atoms in total. The summed E-state index contributed by atoms with van der Waals surface area (Å²) in [5, 5.41) is 3.84. The number of aromatic nitrogens is 2. The number of anilines is 1. The van der Waals surface area contributed by atoms with Gasteiger partial charge >= 0.3 is 5.97 Å². The van der Waals surface area contributed by atoms with Crippen LogP contribution in [0, 0.1) is 0 Å². The van der Waals surface area contributed by atoms with E-state index in [0.29, 0.717) is 17.5 Å². The normalized spacial score (nSPS) is 18.1. The molecule has 0 saturated carbocycles. The molecule has 1 aromatic carbocycles. The van der Waals surface area contributed by atoms with Gasteiger partial charge in [0.1, 0.15) is 5.69 Å². The number of rotatable bonds is 4. The average molecular weight is 364 g/mol. The van der Waals surface area contributed by atoms with E-state index in [1.54, 1.807) is 30.5 Å². The van der Waals surface area contributed by atoms with E-state index in [-0.39, 0.29) is 23.6 Å². The number of esters is 1. The van der Waals surface area contributed by atoms with Crippen molar-refractivity contribution >= 4 is 17.8 Å². The zero-order valence-electron chi connectivity index (χ0n) is 14.2. The first-order valence-corrected chi connectivity index (χ1v) is 8.30. The molecule has 1 aliphatic carbocycles. The standard InChI is InChI=1S/C19H16N4O4/c20-16-14(15(23-27-16)12-5-3-9-22-10-12)17(24)26-19(18(21)25)8-7-11-4-1-2-6-13(11)19/h1-6,9-10H,7-8,20H2,(H2,21,25). The van der Waals surface area contributed by atoms with E-state index in [4.69, 9.17) is 20.7 Å². The molecular formula is C19H16N4O4. The molecular weight excluding hydrogens is 348 g/mol. The minimum atomic E-state index is -1.55. The Bertz CT molecular complexity index is 1030. The van der Waals surface area contributed by atoms with Crippen molar-refractivity contribution < 1.29 is 18.8 Å². The lowest BCUT2D eigenvalue weighted by Gasteiger charge is -2.26. The Labute approximate surface area is 154 Å². The fourth-order valence-electron chi connectivity index (χ4n) is 3.40. The molecule has 1 amide bonds. The van der Waals surface area contributed by atoms with Gasteiger partial charge < -0.3 is 20.7 Å². The van der Waals surface area contributed by atoms with Gasteiger partial charge in [0.05, 0.1) is 0 Å². The predicted octanol–water partition coefficient (Wildman–Crippen LogP) is 1.80. The molecule has 0 bridgehead atoms. The van der Waals surface area contributed by atoms with Crippen molar-refractivity contribution in [1.82, 2.24) is 10.1 Å². The predicted molar refractivity (Wildman–Crippen MR) is 95.2 cm³/mol. The molecule has 0 aliphatic heterocycles. The Kier molecular flexibility index (Phi) is 3.88. The third-order valence-electron chi connectivity index (χ3n) is 4.72. The van der Waals surface area contributed by atoms with Crippen LogP contribution in [0.4, 0.5) is 5.88 Å². The maximum atomic E-state index is 13.0. The SMILES string of the molecule is NC(=O)C1(OC(=O)c2c(-c3cccnc3)noc2N)CCc2ccccc21. The highest BCUT2D eigenvalue weighted by molar-refractivity contribution is 6.02. The van der Waals surface area contributed by atoms with Crippen molar-refractivity contribution in [2.75, 3.05) is 5.73 Å². The van der Waals surface area contributed by atoms with Gasteiger partial charge in [0.2, 0.25) is 11.5 Å². The maximum absolute atomic E-state index is 13.0. The number of amides is 1. The van der Waals surface area contributed by atoms with E-state index in [0.717, 1.165) is 5.56 Å². The summed E-state index contributed by atoms with van der Waals surface area (Å²) < 4.78 is 10.6. The molecule has 1 unspecified atom stereocenters. The molecule has 4 rings (SSSR count). The second kappa shape index (κ2) is 6.24. The first-order chi connectivity index (χ1) is 13.0. The summed E-state index contributed by atoms with van der Waals surface area (Å²) in [6.45, 7) is 0. The molecule has 0 spiro atoms. The van der Waals surface area contributed by atoms with Crippen LogP contribution in [0.15, 0.2) is 53.3 Å². The Hall–Kier alpha value is -3.68. The van der Waals surface area contributed by atoms with Crippen molar-refractivity contribution in [2.45, 2.75) is 18.4 Å². The van der Waals surface area contributed by atoms with Gasteiger partial charge in [-0.3, -0.25) is 9.78 Å². The van der Waals surface area contributed by atoms with Gasteiger partial charge in [-0.25, -0.2) is 4.79 Å². The number of benzene rings is 1. The summed E-state index contributed by atoms with van der Waals surface area (Å²) in [7, 11) is 0. The van der Waals surface area contributed by atoms with Gasteiger partial charge in [-0.2, -0.15) is 0 Å². The minimum absolute atomic E-state index is 0.0620. The summed E-state index contributed by atoms with van der Waals surface area (Å²) >= 11 is 0. The first kappa shape index (κ1) is 16.8. The van der Waals surface area contributed by atoms with E-state index < -0.39 is 17.5 Å². The number of pyridine rings is 1. The highest BCUT2D eigenvalue weighted by Crippen LogP contribution is 2.41. The lowest BCUT2D eigenvalue weighted by atomic mass is 9.94. The Balaban J connectivity index is 1.75. The maximum Gasteiger partial charge on any atom is 0.347 e. The van der Waals surface area contributed by atoms with Crippen LogP contribution in [0.3, 0.4) is 0 Å². The molecule has 27 heavy (non-hydrogen) atoms. The van der Waals surface area contributed by atoms with Gasteiger partial charge in [0, 0.05) is 29.9 Å². The van der Waals surface area contributed by atoms with Crippen molar-refractivity contribution in [1.29, 1.82) is 0 Å². The number of aryl methyl sites for hydroxylation is 1. The monoisotopic (exact) mass is 364 g/mol. The zero-order chi connectivity index (χ0) is 19.0. The van der Waals surface area contributed by atoms with Crippen molar-refractivity contribution in [3.63, 3.8) is 0 Å². The van der Waals surface area contributed by atoms with Crippen LogP contribution in [0.2, 0.25) is 0 Å². The number of fused-ring (bicyclic) bond motifs is 1. The Morgan fingerprint density at radius 3 is 2.74 bits per heavy atom. The van der Waals surface area contributed by atoms with Crippen LogP contribution in [0.25, 0.3) is 11.3 Å². The van der Waals surface area contributed by atoms with Crippen LogP contribution in [0.1, 0.15) is 27.9 Å². The van der Waals surface area contributed by atoms with E-state index in [1.807, 2.05) is 12.1 Å². The van der Waals surface area contributed by atoms with Crippen LogP contribution < -0.4 is 11.5 Å². The van der Waals surface area contributed by atoms with Crippen molar-refractivity contribution in [3.8, 4) is 11.3 Å². The Morgan fingerprint density at radius 2 is 2.00 bits per heavy atom. The van der Waals surface area contributed by atoms with E-state index in [1.165, 1.54) is 6.20 Å². The second-order valence-electron chi connectivity index (χ2n) is 6.25. The van der Waals surface area contributed by atoms with E-state index in [9.17, 15) is 9.59 Å². The average Bonchev–Trinajstić information content (AvgIpc) is 3.24. The lowest BCUT2D eigenvalue weighted by Crippen LogP contribution is -2.43. The molecule has 0 saturated heterocycles. The number of hydrogen-bond acceptors (Lipinski definition) is 7. The number of nitrogens with zero attached hydrogens (tertiary/aromatic N) is 2. The fraction of sp³-hybridized carbons (Fsp3) is 0.158. The Morgan fingerprint density at radius 1 is 1.19 bits per heavy atom. The molecule has 2 heterocycles. The number of hydrogen-bond donors (Lipinski definition) is 2. The van der Waals surface area contributed by atoms with Crippen molar-refractivity contribution in [3.05, 3.63) is 65.5 Å². The molecule has 136 valence electrons. The number of ether oxygens (including phenoxy) is 1. The van der Waals surface area contributed by atoms with E-state index in [2.05, 4.69) is 10.1 Å². The number of primary amides is 1. The van der Waals surface area contributed by atoms with Gasteiger partial charge in [0.15, 0.2) is 5.56 Å². The summed E-state index contributed by atoms with van der Waals surface area (Å²) in [5.74, 6) is -1.77. The summed E-state index contributed by atoms with van der Waals surface area (Å²) in [4.78, 5) is 29.3. The van der Waals surface area contributed by atoms with Gasteiger partial charge in [-0.15, -0.1) is 0 Å². The van der Waals surface area contributed by atoms with Gasteiger partial charge in [0.25, 0.3) is 5.91 Å². The van der Waals surface area contributed by atoms with E-state index >= 15 is 0 Å². The number of nitrogens with two attached hydrogens (primary N) is 2. The van der Waals surface area contributed by atoms with Crippen LogP contribution in [-0.4, -0.2) is 22.0 Å². The number of nitrogen functional groups attached to an aromatic ring is 1. The van der Waals surface area contributed by atoms with Crippen molar-refractivity contribution in [2.24, 2.45) is 5.73 Å². The van der Waals surface area contributed by atoms with Crippen LogP contribution >= 0.6 is 0 Å². The number of carbonyl (C=O) groups excluding carboxylic acids is 2. The molecule has 1 aliphatic rings. The molecule has 4 N–H and O–H groups in total. The summed E-state index contributed by atoms with van der Waals surface area (Å²) in [6, 6.07) is 10.6. The molecule has 8 heteroatoms. The molecule has 2 aromatic heterocycles. The third kappa shape index (κ3) is 2.62. The topological polar surface area (TPSA) is 134 Å². The molecule has 0 fully saturated rings. The quantitative estimate of drug-likeness (QED) is 0.674. The zero-order valence-corrected chi connectivity index (χ0v) is 14.2. The first-order valence-electron chi connectivity index (χ1n) is 8.30. The number of carbonyl (C=O) groups is 2. The highest BCUT2D eigenvalue weighted by Gasteiger charge is 2.48. The van der Waals surface area contributed by atoms with Crippen LogP contribution in [-0.2, 0) is 21.6 Å². The third-order valence-corrected chi connectivity index (χ3v) is 4.72. The second-order valence-corrected chi connectivity index (χ2v) is 6.25. The highest BCUT2D eigenvalue weighted by atomic mass is 16.6. The minimum Gasteiger partial charge on any atom is -0.440 e. The molecule has 1 atom stereocenters. The largest absolute Gasteiger partial charge is 0.440 e. The summed E-state index contributed by atoms with van der Waals surface area (Å²) in [5.41, 5.74) is 12.0. The van der Waals surface area contributed by atoms with Gasteiger partial charge in [-0.1, -0.05) is 29.4 Å². The fourth-order valence-corrected chi connectivity index (χ4v) is 3.40. The summed E-state index contributed by atoms with van der Waals surface area (Å²) in [6.07, 6.45) is 3.94. The van der Waals surface area contributed by atoms with Crippen LogP contribution in [0.5, 0.6) is 0 Å².